The number of rotatable bonds is 3. The first-order valence-corrected chi connectivity index (χ1v) is 4.26. The lowest BCUT2D eigenvalue weighted by Crippen LogP contribution is -2.34. The minimum Gasteiger partial charge on any atom is -0.598 e. The van der Waals surface area contributed by atoms with Gasteiger partial charge in [-0.25, -0.2) is 0 Å². The van der Waals surface area contributed by atoms with Crippen LogP contribution in [0.1, 0.15) is 19.8 Å². The lowest BCUT2D eigenvalue weighted by molar-refractivity contribution is 0.183. The van der Waals surface area contributed by atoms with Crippen LogP contribution in [0.5, 0.6) is 0 Å². The molecule has 0 aliphatic heterocycles. The van der Waals surface area contributed by atoms with Crippen LogP contribution in [0.2, 0.25) is 0 Å². The third kappa shape index (κ3) is 2.53. The molecule has 3 nitrogen and oxygen atoms in total. The Kier molecular flexibility index (Phi) is 2.35. The molecule has 0 aromatic rings. The highest BCUT2D eigenvalue weighted by molar-refractivity contribution is 7.90. The fourth-order valence-electron chi connectivity index (χ4n) is 0.546. The van der Waals surface area contributed by atoms with Gasteiger partial charge in [-0.1, -0.05) is 0 Å². The molecule has 0 heterocycles. The predicted octanol–water partition coefficient (Wildman–Crippen LogP) is -0.260. The summed E-state index contributed by atoms with van der Waals surface area (Å²) in [7, 11) is 0. The van der Waals surface area contributed by atoms with Gasteiger partial charge in [0.2, 0.25) is 0 Å². The van der Waals surface area contributed by atoms with E-state index in [4.69, 9.17) is 5.11 Å². The van der Waals surface area contributed by atoms with Gasteiger partial charge in [0.25, 0.3) is 0 Å². The van der Waals surface area contributed by atoms with Crippen molar-refractivity contribution >= 4 is 11.4 Å². The summed E-state index contributed by atoms with van der Waals surface area (Å²) in [4.78, 5) is 0. The zero-order valence-corrected chi connectivity index (χ0v) is 6.15. The number of aliphatic hydroxyl groups is 1. The van der Waals surface area contributed by atoms with Gasteiger partial charge in [-0.3, -0.25) is 0 Å². The molecule has 9 heavy (non-hydrogen) atoms. The first-order chi connectivity index (χ1) is 4.20. The molecule has 0 saturated heterocycles. The van der Waals surface area contributed by atoms with Crippen LogP contribution in [0, 0.1) is 0 Å². The highest BCUT2D eigenvalue weighted by Gasteiger charge is 2.35. The molecule has 4 heteroatoms. The van der Waals surface area contributed by atoms with E-state index in [0.717, 1.165) is 12.8 Å². The Balaban J connectivity index is 2.10. The first-order valence-electron chi connectivity index (χ1n) is 3.05. The Labute approximate surface area is 57.8 Å². The van der Waals surface area contributed by atoms with Gasteiger partial charge >= 0.3 is 0 Å². The fourth-order valence-corrected chi connectivity index (χ4v) is 1.64. The Bertz CT molecular complexity index is 95.0. The Morgan fingerprint density at radius 2 is 2.33 bits per heavy atom. The van der Waals surface area contributed by atoms with Gasteiger partial charge in [0, 0.05) is 24.2 Å². The van der Waals surface area contributed by atoms with Gasteiger partial charge in [-0.05, 0) is 6.92 Å². The number of hydrogen-bond acceptors (Lipinski definition) is 3. The summed E-state index contributed by atoms with van der Waals surface area (Å²) in [5, 5.41) is 9.00. The van der Waals surface area contributed by atoms with Gasteiger partial charge in [0.15, 0.2) is 0 Å². The molecule has 0 spiro atoms. The van der Waals surface area contributed by atoms with E-state index in [-0.39, 0.29) is 0 Å². The Hall–Kier alpha value is 0.230. The van der Waals surface area contributed by atoms with Crippen LogP contribution in [-0.4, -0.2) is 21.1 Å². The zero-order chi connectivity index (χ0) is 6.85. The van der Waals surface area contributed by atoms with E-state index in [1.54, 1.807) is 6.92 Å². The quantitative estimate of drug-likeness (QED) is 0.429. The molecule has 1 unspecified atom stereocenters. The third-order valence-electron chi connectivity index (χ3n) is 1.11. The minimum absolute atomic E-state index is 0.305. The Morgan fingerprint density at radius 1 is 1.78 bits per heavy atom. The number of nitrogens with one attached hydrogen (secondary N) is 1. The molecule has 1 fully saturated rings. The van der Waals surface area contributed by atoms with Gasteiger partial charge in [0.05, 0.1) is 0 Å². The molecule has 0 aromatic heterocycles. The van der Waals surface area contributed by atoms with E-state index in [1.807, 2.05) is 0 Å². The monoisotopic (exact) mass is 149 g/mol. The summed E-state index contributed by atoms with van der Waals surface area (Å²) in [6, 6.07) is 0. The smallest absolute Gasteiger partial charge is 0.144 e. The van der Waals surface area contributed by atoms with Gasteiger partial charge in [0.1, 0.15) is 11.5 Å². The maximum atomic E-state index is 10.9. The average Bonchev–Trinajstić information content (AvgIpc) is 2.40. The molecule has 54 valence electrons. The van der Waals surface area contributed by atoms with E-state index in [0.29, 0.717) is 5.25 Å². The molecule has 0 radical (unpaired) electrons. The number of hydrogen-bond donors (Lipinski definition) is 2. The number of aliphatic hydroxyl groups excluding tert-OH is 1. The van der Waals surface area contributed by atoms with E-state index in [2.05, 4.69) is 4.72 Å². The zero-order valence-electron chi connectivity index (χ0n) is 5.33. The van der Waals surface area contributed by atoms with E-state index >= 15 is 0 Å². The van der Waals surface area contributed by atoms with Crippen molar-refractivity contribution in [1.29, 1.82) is 0 Å². The predicted molar refractivity (Wildman–Crippen MR) is 36.0 cm³/mol. The van der Waals surface area contributed by atoms with E-state index < -0.39 is 17.6 Å². The lowest BCUT2D eigenvalue weighted by atomic mass is 10.7. The summed E-state index contributed by atoms with van der Waals surface area (Å²) in [6.07, 6.45) is 1.42. The van der Waals surface area contributed by atoms with Crippen LogP contribution in [0.25, 0.3) is 0 Å². The first kappa shape index (κ1) is 7.34. The fraction of sp³-hybridized carbons (Fsp3) is 1.00. The van der Waals surface area contributed by atoms with Crippen molar-refractivity contribution in [2.24, 2.45) is 0 Å². The van der Waals surface area contributed by atoms with Crippen molar-refractivity contribution in [1.82, 2.24) is 4.72 Å². The second kappa shape index (κ2) is 2.88. The maximum absolute atomic E-state index is 10.9. The average molecular weight is 149 g/mol. The highest BCUT2D eigenvalue weighted by Crippen LogP contribution is 2.27. The summed E-state index contributed by atoms with van der Waals surface area (Å²) in [5.74, 6) is 0. The van der Waals surface area contributed by atoms with Gasteiger partial charge < -0.3 is 9.66 Å². The van der Waals surface area contributed by atoms with Crippen molar-refractivity contribution in [3.8, 4) is 0 Å². The topological polar surface area (TPSA) is 55.3 Å². The molecule has 1 aliphatic carbocycles. The van der Waals surface area contributed by atoms with E-state index in [1.165, 1.54) is 0 Å². The summed E-state index contributed by atoms with van der Waals surface area (Å²) < 4.78 is 13.4. The van der Waals surface area contributed by atoms with Crippen LogP contribution in [-0.2, 0) is 11.4 Å². The summed E-state index contributed by atoms with van der Waals surface area (Å²) in [6.45, 7) is 1.57. The molecule has 0 amide bonds. The standard InChI is InChI=1S/C5H11NO2S/c1-4(7)6-9(8)5-2-3-5/h4-7H,2-3H2,1H3/t4-,9?/m0/s1. The van der Waals surface area contributed by atoms with Crippen LogP contribution in [0.3, 0.4) is 0 Å². The SMILES string of the molecule is C[C@H](O)N[S+]([O-])C1CC1. The van der Waals surface area contributed by atoms with Crippen LogP contribution in [0.15, 0.2) is 0 Å². The largest absolute Gasteiger partial charge is 0.598 e. The molecular weight excluding hydrogens is 138 g/mol. The molecule has 1 rings (SSSR count). The van der Waals surface area contributed by atoms with Crippen LogP contribution in [0.4, 0.5) is 0 Å². The molecular formula is C5H11NO2S. The van der Waals surface area contributed by atoms with Gasteiger partial charge in [-0.2, -0.15) is 0 Å². The summed E-state index contributed by atoms with van der Waals surface area (Å²) >= 11 is -0.991. The van der Waals surface area contributed by atoms with Gasteiger partial charge in [-0.15, -0.1) is 4.72 Å². The minimum atomic E-state index is -0.991. The Morgan fingerprint density at radius 3 is 2.67 bits per heavy atom. The van der Waals surface area contributed by atoms with Crippen molar-refractivity contribution in [3.63, 3.8) is 0 Å². The molecule has 0 aromatic carbocycles. The molecule has 2 atom stereocenters. The highest BCUT2D eigenvalue weighted by atomic mass is 32.2. The molecule has 1 aliphatic rings. The normalized spacial score (nSPS) is 25.7. The second-order valence-corrected chi connectivity index (χ2v) is 3.79. The third-order valence-corrected chi connectivity index (χ3v) is 2.76. The molecule has 1 saturated carbocycles. The van der Waals surface area contributed by atoms with Crippen molar-refractivity contribution in [2.45, 2.75) is 31.2 Å². The van der Waals surface area contributed by atoms with Crippen molar-refractivity contribution < 1.29 is 9.66 Å². The molecule has 0 bridgehead atoms. The van der Waals surface area contributed by atoms with Crippen molar-refractivity contribution in [2.75, 3.05) is 0 Å². The molecule has 2 N–H and O–H groups in total. The second-order valence-electron chi connectivity index (χ2n) is 2.29. The maximum Gasteiger partial charge on any atom is 0.144 e. The van der Waals surface area contributed by atoms with E-state index in [9.17, 15) is 4.55 Å². The van der Waals surface area contributed by atoms with Crippen LogP contribution < -0.4 is 4.72 Å². The van der Waals surface area contributed by atoms with Crippen molar-refractivity contribution in [3.05, 3.63) is 0 Å². The lowest BCUT2D eigenvalue weighted by Gasteiger charge is -2.11. The summed E-state index contributed by atoms with van der Waals surface area (Å²) in [5.41, 5.74) is 0. The van der Waals surface area contributed by atoms with Crippen LogP contribution >= 0.6 is 0 Å².